The number of methoxy groups -OCH3 is 1. The minimum Gasteiger partial charge on any atom is -0.495 e. The molecule has 4 aliphatic rings. The van der Waals surface area contributed by atoms with Crippen molar-refractivity contribution in [2.45, 2.75) is 89.4 Å². The molecule has 4 heterocycles. The van der Waals surface area contributed by atoms with Crippen molar-refractivity contribution in [3.63, 3.8) is 0 Å². The number of ether oxygens (including phenoxy) is 3. The molecule has 1 saturated heterocycles. The number of nitrogens with zero attached hydrogens (tertiary/aromatic N) is 5. The summed E-state index contributed by atoms with van der Waals surface area (Å²) in [5.74, 6) is 6.77. The molecule has 334 valence electrons. The Balaban J connectivity index is 0.759. The number of rotatable bonds is 19. The zero-order chi connectivity index (χ0) is 44.3. The van der Waals surface area contributed by atoms with Crippen molar-refractivity contribution in [2.24, 2.45) is 0 Å². The number of hydrogen-bond donors (Lipinski definition) is 4. The average molecular weight is 864 g/mol. The van der Waals surface area contributed by atoms with Crippen LogP contribution in [0.25, 0.3) is 0 Å². The molecule has 0 spiro atoms. The summed E-state index contributed by atoms with van der Waals surface area (Å²) in [5, 5.41) is 11.9. The van der Waals surface area contributed by atoms with Gasteiger partial charge in [0.15, 0.2) is 5.82 Å². The van der Waals surface area contributed by atoms with Crippen LogP contribution >= 0.6 is 0 Å². The molecule has 7 rings (SSSR count). The third kappa shape index (κ3) is 10.6. The van der Waals surface area contributed by atoms with Crippen LogP contribution in [0.5, 0.6) is 5.75 Å². The molecule has 2 aromatic carbocycles. The minimum atomic E-state index is -0.660. The number of imide groups is 1. The standard InChI is InChI=1S/C46H57N9O8/c1-4-36-45(60)53(2)38-28-49-46(52-41(38)55(36)32-13-5-6-14-32)50-35-17-16-31(27-39(35)61-3)42(57)48-21-10-20-47-22-24-63-26-25-62-23-8-7-11-30-12-9-15-33-34(30)29-54(44(33)59)37-18-19-40(56)51-43(37)58/h9,12,15-17,27-28,32,36-37,47H,4-6,8,10,13-14,18-26,29H2,1-3H3,(H,48,57)(H,49,50,52)(H,51,56,58)/t36-,37?/m1/s1. The summed E-state index contributed by atoms with van der Waals surface area (Å²) in [4.78, 5) is 78.0. The molecule has 2 atom stereocenters. The second-order valence-corrected chi connectivity index (χ2v) is 16.0. The first-order valence-electron chi connectivity index (χ1n) is 22.0. The Morgan fingerprint density at radius 2 is 1.79 bits per heavy atom. The van der Waals surface area contributed by atoms with Gasteiger partial charge >= 0.3 is 0 Å². The number of carbonyl (C=O) groups excluding carboxylic acids is 5. The molecule has 5 amide bonds. The van der Waals surface area contributed by atoms with E-state index < -0.39 is 11.9 Å². The molecule has 63 heavy (non-hydrogen) atoms. The van der Waals surface area contributed by atoms with Crippen LogP contribution in [0, 0.1) is 11.8 Å². The molecule has 0 bridgehead atoms. The molecule has 1 saturated carbocycles. The molecule has 1 aliphatic carbocycles. The first kappa shape index (κ1) is 44.9. The fourth-order valence-electron chi connectivity index (χ4n) is 8.59. The summed E-state index contributed by atoms with van der Waals surface area (Å²) in [6.45, 7) is 6.04. The van der Waals surface area contributed by atoms with E-state index in [4.69, 9.17) is 19.2 Å². The maximum absolute atomic E-state index is 13.2. The van der Waals surface area contributed by atoms with Gasteiger partial charge in [-0.1, -0.05) is 37.7 Å². The van der Waals surface area contributed by atoms with Crippen LogP contribution in [0.1, 0.15) is 96.6 Å². The number of amides is 5. The first-order valence-corrected chi connectivity index (χ1v) is 22.0. The van der Waals surface area contributed by atoms with Crippen molar-refractivity contribution in [3.05, 3.63) is 64.8 Å². The van der Waals surface area contributed by atoms with Crippen LogP contribution in [0.2, 0.25) is 0 Å². The van der Waals surface area contributed by atoms with Gasteiger partial charge in [-0.05, 0) is 74.5 Å². The fraction of sp³-hybridized carbons (Fsp3) is 0.500. The van der Waals surface area contributed by atoms with E-state index in [9.17, 15) is 24.0 Å². The third-order valence-corrected chi connectivity index (χ3v) is 11.9. The van der Waals surface area contributed by atoms with E-state index in [1.54, 1.807) is 55.6 Å². The highest BCUT2D eigenvalue weighted by Gasteiger charge is 2.42. The molecule has 1 unspecified atom stereocenters. The Hall–Kier alpha value is -6.09. The number of fused-ring (bicyclic) bond motifs is 2. The van der Waals surface area contributed by atoms with Crippen molar-refractivity contribution < 1.29 is 38.2 Å². The highest BCUT2D eigenvalue weighted by atomic mass is 16.5. The SMILES string of the molecule is CC[C@@H]1C(=O)N(C)c2cnc(Nc3ccc(C(=O)NCCCNCCOCCOCCC#Cc4cccc5c4CN(C4CCC(=O)NC4=O)C5=O)cc3OC)nc2N1C1CCCC1. The van der Waals surface area contributed by atoms with Crippen LogP contribution in [0.4, 0.5) is 23.1 Å². The number of anilines is 4. The molecular weight excluding hydrogens is 807 g/mol. The van der Waals surface area contributed by atoms with Crippen molar-refractivity contribution in [2.75, 3.05) is 75.3 Å². The smallest absolute Gasteiger partial charge is 0.255 e. The Morgan fingerprint density at radius 3 is 2.57 bits per heavy atom. The van der Waals surface area contributed by atoms with Gasteiger partial charge in [0.05, 0.1) is 45.4 Å². The van der Waals surface area contributed by atoms with Crippen molar-refractivity contribution in [3.8, 4) is 17.6 Å². The number of carbonyl (C=O) groups is 5. The van der Waals surface area contributed by atoms with Gasteiger partial charge in [-0.2, -0.15) is 4.98 Å². The van der Waals surface area contributed by atoms with Gasteiger partial charge in [-0.3, -0.25) is 29.3 Å². The molecule has 3 aliphatic heterocycles. The van der Waals surface area contributed by atoms with Crippen molar-refractivity contribution in [1.82, 2.24) is 30.8 Å². The number of likely N-dealkylation sites (N-methyl/N-ethyl adjacent to an activating group) is 1. The van der Waals surface area contributed by atoms with Gasteiger partial charge in [-0.25, -0.2) is 4.98 Å². The van der Waals surface area contributed by atoms with Crippen LogP contribution < -0.4 is 35.8 Å². The van der Waals surface area contributed by atoms with Gasteiger partial charge in [0.25, 0.3) is 11.8 Å². The van der Waals surface area contributed by atoms with Crippen LogP contribution in [-0.4, -0.2) is 123 Å². The van der Waals surface area contributed by atoms with Crippen molar-refractivity contribution in [1.29, 1.82) is 0 Å². The number of piperidine rings is 1. The minimum absolute atomic E-state index is 0.0634. The second-order valence-electron chi connectivity index (χ2n) is 16.0. The molecule has 4 N–H and O–H groups in total. The summed E-state index contributed by atoms with van der Waals surface area (Å²) in [7, 11) is 3.33. The Morgan fingerprint density at radius 1 is 0.984 bits per heavy atom. The lowest BCUT2D eigenvalue weighted by atomic mass is 10.0. The maximum Gasteiger partial charge on any atom is 0.255 e. The third-order valence-electron chi connectivity index (χ3n) is 11.9. The summed E-state index contributed by atoms with van der Waals surface area (Å²) in [6.07, 6.45) is 8.50. The van der Waals surface area contributed by atoms with Gasteiger partial charge < -0.3 is 44.9 Å². The van der Waals surface area contributed by atoms with E-state index in [-0.39, 0.29) is 48.7 Å². The van der Waals surface area contributed by atoms with Crippen molar-refractivity contribution >= 4 is 52.7 Å². The van der Waals surface area contributed by atoms with Gasteiger partial charge in [-0.15, -0.1) is 0 Å². The molecular formula is C46H57N9O8. The molecule has 17 heteroatoms. The van der Waals surface area contributed by atoms with E-state index in [2.05, 4.69) is 43.0 Å². The van der Waals surface area contributed by atoms with E-state index in [1.165, 1.54) is 4.90 Å². The summed E-state index contributed by atoms with van der Waals surface area (Å²) in [5.41, 5.74) is 3.87. The summed E-state index contributed by atoms with van der Waals surface area (Å²) in [6, 6.07) is 9.94. The predicted octanol–water partition coefficient (Wildman–Crippen LogP) is 3.68. The molecule has 0 radical (unpaired) electrons. The van der Waals surface area contributed by atoms with Crippen LogP contribution in [0.3, 0.4) is 0 Å². The lowest BCUT2D eigenvalue weighted by molar-refractivity contribution is -0.137. The second kappa shape index (κ2) is 21.3. The quantitative estimate of drug-likeness (QED) is 0.0775. The first-order chi connectivity index (χ1) is 30.7. The van der Waals surface area contributed by atoms with Crippen LogP contribution in [0.15, 0.2) is 42.6 Å². The highest BCUT2D eigenvalue weighted by molar-refractivity contribution is 6.06. The zero-order valence-corrected chi connectivity index (χ0v) is 36.3. The van der Waals surface area contributed by atoms with Gasteiger partial charge in [0.1, 0.15) is 23.5 Å². The lowest BCUT2D eigenvalue weighted by Crippen LogP contribution is -2.55. The zero-order valence-electron chi connectivity index (χ0n) is 36.3. The number of hydrogen-bond acceptors (Lipinski definition) is 13. The molecule has 1 aromatic heterocycles. The monoisotopic (exact) mass is 863 g/mol. The molecule has 3 aromatic rings. The van der Waals surface area contributed by atoms with E-state index >= 15 is 0 Å². The Kier molecular flexibility index (Phi) is 15.2. The van der Waals surface area contributed by atoms with Crippen LogP contribution in [-0.2, 0) is 30.4 Å². The topological polar surface area (TPSA) is 197 Å². The maximum atomic E-state index is 13.2. The normalized spacial score (nSPS) is 18.5. The van der Waals surface area contributed by atoms with E-state index in [1.807, 2.05) is 13.0 Å². The summed E-state index contributed by atoms with van der Waals surface area (Å²) >= 11 is 0. The lowest BCUT2D eigenvalue weighted by Gasteiger charge is -2.43. The number of nitrogens with one attached hydrogen (secondary N) is 4. The molecule has 2 fully saturated rings. The van der Waals surface area contributed by atoms with E-state index in [0.29, 0.717) is 99.5 Å². The number of benzene rings is 2. The predicted molar refractivity (Wildman–Crippen MR) is 236 cm³/mol. The highest BCUT2D eigenvalue weighted by Crippen LogP contribution is 2.40. The Bertz CT molecular complexity index is 2240. The van der Waals surface area contributed by atoms with Gasteiger partial charge in [0.2, 0.25) is 23.7 Å². The van der Waals surface area contributed by atoms with Gasteiger partial charge in [0, 0.05) is 62.3 Å². The van der Waals surface area contributed by atoms with E-state index in [0.717, 1.165) is 49.0 Å². The largest absolute Gasteiger partial charge is 0.495 e. The molecule has 17 nitrogen and oxygen atoms in total. The summed E-state index contributed by atoms with van der Waals surface area (Å²) < 4.78 is 17.0. The number of aromatic nitrogens is 2. The fourth-order valence-corrected chi connectivity index (χ4v) is 8.59. The Labute approximate surface area is 368 Å². The average Bonchev–Trinajstić information content (AvgIpc) is 3.94.